The van der Waals surface area contributed by atoms with Gasteiger partial charge in [0.15, 0.2) is 0 Å². The Labute approximate surface area is 120 Å². The molecule has 0 unspecified atom stereocenters. The fraction of sp³-hybridized carbons (Fsp3) is 0.0588. The lowest BCUT2D eigenvalue weighted by molar-refractivity contribution is 1.01. The van der Waals surface area contributed by atoms with Crippen molar-refractivity contribution in [3.63, 3.8) is 0 Å². The Kier molecular flexibility index (Phi) is 2.44. The van der Waals surface area contributed by atoms with Crippen LogP contribution in [0, 0.1) is 6.92 Å². The van der Waals surface area contributed by atoms with Crippen LogP contribution in [-0.2, 0) is 0 Å². The van der Waals surface area contributed by atoms with Crippen molar-refractivity contribution in [2.75, 3.05) is 0 Å². The molecule has 21 heavy (non-hydrogen) atoms. The molecule has 2 heterocycles. The number of nitrogens with zero attached hydrogens (tertiary/aromatic N) is 2. The van der Waals surface area contributed by atoms with E-state index in [1.165, 1.54) is 0 Å². The lowest BCUT2D eigenvalue weighted by Crippen LogP contribution is -2.14. The van der Waals surface area contributed by atoms with Crippen LogP contribution in [0.15, 0.2) is 59.5 Å². The molecular formula is C17H13N3O. The van der Waals surface area contributed by atoms with E-state index >= 15 is 0 Å². The molecular weight excluding hydrogens is 262 g/mol. The van der Waals surface area contributed by atoms with Gasteiger partial charge in [0, 0.05) is 5.39 Å². The molecule has 0 radical (unpaired) electrons. The maximum absolute atomic E-state index is 12.3. The van der Waals surface area contributed by atoms with Gasteiger partial charge in [-0.05, 0) is 30.7 Å². The van der Waals surface area contributed by atoms with Crippen molar-refractivity contribution in [2.45, 2.75) is 6.92 Å². The average molecular weight is 275 g/mol. The van der Waals surface area contributed by atoms with Crippen molar-refractivity contribution in [3.8, 4) is 5.69 Å². The van der Waals surface area contributed by atoms with Gasteiger partial charge in [0.2, 0.25) is 0 Å². The first kappa shape index (κ1) is 11.9. The Morgan fingerprint density at radius 3 is 2.71 bits per heavy atom. The van der Waals surface area contributed by atoms with Crippen LogP contribution in [0.4, 0.5) is 0 Å². The second-order valence-corrected chi connectivity index (χ2v) is 5.14. The summed E-state index contributed by atoms with van der Waals surface area (Å²) in [6.07, 6.45) is 1.75. The van der Waals surface area contributed by atoms with Crippen LogP contribution >= 0.6 is 0 Å². The van der Waals surface area contributed by atoms with E-state index in [4.69, 9.17) is 0 Å². The molecule has 2 aromatic carbocycles. The summed E-state index contributed by atoms with van der Waals surface area (Å²) >= 11 is 0. The first-order valence-electron chi connectivity index (χ1n) is 6.79. The smallest absolute Gasteiger partial charge is 0.305 e. The van der Waals surface area contributed by atoms with Gasteiger partial charge in [-0.2, -0.15) is 0 Å². The number of rotatable bonds is 1. The first-order valence-corrected chi connectivity index (χ1v) is 6.79. The molecule has 4 aromatic rings. The minimum Gasteiger partial charge on any atom is -0.305 e. The van der Waals surface area contributed by atoms with E-state index in [-0.39, 0.29) is 5.69 Å². The van der Waals surface area contributed by atoms with Crippen LogP contribution in [0.5, 0.6) is 0 Å². The largest absolute Gasteiger partial charge is 0.331 e. The number of aryl methyl sites for hydroxylation is 1. The zero-order chi connectivity index (χ0) is 14.4. The number of nitrogens with one attached hydrogen (secondary N) is 1. The molecule has 0 bridgehead atoms. The Balaban J connectivity index is 2.13. The van der Waals surface area contributed by atoms with Gasteiger partial charge in [0.05, 0.1) is 28.4 Å². The zero-order valence-corrected chi connectivity index (χ0v) is 11.5. The second-order valence-electron chi connectivity index (χ2n) is 5.14. The SMILES string of the molecule is Cc1ccc2c(c1)ncc1c2[nH]c(=O)n1-c1ccccc1. The molecule has 102 valence electrons. The summed E-state index contributed by atoms with van der Waals surface area (Å²) < 4.78 is 1.65. The van der Waals surface area contributed by atoms with Gasteiger partial charge in [-0.3, -0.25) is 9.55 Å². The molecule has 4 rings (SSSR count). The molecule has 0 fully saturated rings. The van der Waals surface area contributed by atoms with Gasteiger partial charge >= 0.3 is 5.69 Å². The predicted octanol–water partition coefficient (Wildman–Crippen LogP) is 3.18. The summed E-state index contributed by atoms with van der Waals surface area (Å²) in [7, 11) is 0. The number of aromatic amines is 1. The Bertz CT molecular complexity index is 1010. The molecule has 0 saturated heterocycles. The lowest BCUT2D eigenvalue weighted by atomic mass is 10.1. The fourth-order valence-electron chi connectivity index (χ4n) is 2.70. The number of hydrogen-bond acceptors (Lipinski definition) is 2. The van der Waals surface area contributed by atoms with E-state index in [1.807, 2.05) is 55.5 Å². The Hall–Kier alpha value is -2.88. The third kappa shape index (κ3) is 1.76. The van der Waals surface area contributed by atoms with Crippen molar-refractivity contribution >= 4 is 21.9 Å². The fourth-order valence-corrected chi connectivity index (χ4v) is 2.70. The molecule has 4 heteroatoms. The first-order chi connectivity index (χ1) is 10.2. The van der Waals surface area contributed by atoms with Crippen LogP contribution in [0.1, 0.15) is 5.56 Å². The number of hydrogen-bond donors (Lipinski definition) is 1. The van der Waals surface area contributed by atoms with Crippen molar-refractivity contribution in [1.29, 1.82) is 0 Å². The number of para-hydroxylation sites is 1. The highest BCUT2D eigenvalue weighted by molar-refractivity contribution is 6.02. The summed E-state index contributed by atoms with van der Waals surface area (Å²) in [6, 6.07) is 15.6. The highest BCUT2D eigenvalue weighted by Gasteiger charge is 2.11. The zero-order valence-electron chi connectivity index (χ0n) is 11.5. The lowest BCUT2D eigenvalue weighted by Gasteiger charge is -2.04. The summed E-state index contributed by atoms with van der Waals surface area (Å²) in [5.74, 6) is 0. The van der Waals surface area contributed by atoms with Crippen molar-refractivity contribution in [1.82, 2.24) is 14.5 Å². The normalized spacial score (nSPS) is 11.3. The summed E-state index contributed by atoms with van der Waals surface area (Å²) in [4.78, 5) is 19.8. The van der Waals surface area contributed by atoms with E-state index in [2.05, 4.69) is 9.97 Å². The summed E-state index contributed by atoms with van der Waals surface area (Å²) in [5.41, 5.74) is 4.35. The minimum absolute atomic E-state index is 0.147. The van der Waals surface area contributed by atoms with Crippen LogP contribution in [-0.4, -0.2) is 14.5 Å². The van der Waals surface area contributed by atoms with E-state index in [9.17, 15) is 4.79 Å². The monoisotopic (exact) mass is 275 g/mol. The third-order valence-corrected chi connectivity index (χ3v) is 3.69. The molecule has 0 spiro atoms. The number of benzene rings is 2. The molecule has 1 N–H and O–H groups in total. The van der Waals surface area contributed by atoms with Gasteiger partial charge in [-0.1, -0.05) is 30.3 Å². The second kappa shape index (κ2) is 4.31. The molecule has 0 aliphatic heterocycles. The van der Waals surface area contributed by atoms with E-state index < -0.39 is 0 Å². The standard InChI is InChI=1S/C17H13N3O/c1-11-7-8-13-14(9-11)18-10-15-16(13)19-17(21)20(15)12-5-3-2-4-6-12/h2-10H,1H3,(H,19,21). The third-order valence-electron chi connectivity index (χ3n) is 3.69. The van der Waals surface area contributed by atoms with Gasteiger partial charge in [-0.15, -0.1) is 0 Å². The van der Waals surface area contributed by atoms with Crippen LogP contribution in [0.2, 0.25) is 0 Å². The van der Waals surface area contributed by atoms with E-state index in [0.29, 0.717) is 0 Å². The van der Waals surface area contributed by atoms with Gasteiger partial charge in [0.25, 0.3) is 0 Å². The Morgan fingerprint density at radius 2 is 1.90 bits per heavy atom. The molecule has 4 nitrogen and oxygen atoms in total. The summed E-state index contributed by atoms with van der Waals surface area (Å²) in [5, 5.41) is 0.963. The molecule has 0 saturated carbocycles. The van der Waals surface area contributed by atoms with E-state index in [0.717, 1.165) is 33.2 Å². The van der Waals surface area contributed by atoms with Crippen LogP contribution < -0.4 is 5.69 Å². The molecule has 2 aromatic heterocycles. The predicted molar refractivity (Wildman–Crippen MR) is 83.9 cm³/mol. The maximum atomic E-state index is 12.3. The highest BCUT2D eigenvalue weighted by Crippen LogP contribution is 2.23. The van der Waals surface area contributed by atoms with Crippen molar-refractivity contribution < 1.29 is 0 Å². The molecule has 0 aliphatic carbocycles. The van der Waals surface area contributed by atoms with Gasteiger partial charge < -0.3 is 4.98 Å². The molecule has 0 aliphatic rings. The highest BCUT2D eigenvalue weighted by atomic mass is 16.1. The molecule has 0 atom stereocenters. The summed E-state index contributed by atoms with van der Waals surface area (Å²) in [6.45, 7) is 2.03. The van der Waals surface area contributed by atoms with Gasteiger partial charge in [-0.25, -0.2) is 4.79 Å². The molecule has 0 amide bonds. The van der Waals surface area contributed by atoms with Crippen molar-refractivity contribution in [3.05, 3.63) is 70.8 Å². The van der Waals surface area contributed by atoms with Crippen LogP contribution in [0.3, 0.4) is 0 Å². The quantitative estimate of drug-likeness (QED) is 0.580. The average Bonchev–Trinajstić information content (AvgIpc) is 2.84. The minimum atomic E-state index is -0.147. The van der Waals surface area contributed by atoms with Crippen LogP contribution in [0.25, 0.3) is 27.6 Å². The number of aromatic nitrogens is 3. The number of imidazole rings is 1. The number of H-pyrrole nitrogens is 1. The topological polar surface area (TPSA) is 50.7 Å². The maximum Gasteiger partial charge on any atom is 0.331 e. The van der Waals surface area contributed by atoms with E-state index in [1.54, 1.807) is 10.8 Å². The van der Waals surface area contributed by atoms with Crippen molar-refractivity contribution in [2.24, 2.45) is 0 Å². The van der Waals surface area contributed by atoms with Gasteiger partial charge in [0.1, 0.15) is 0 Å². The Morgan fingerprint density at radius 1 is 1.10 bits per heavy atom. The number of pyridine rings is 1. The number of fused-ring (bicyclic) bond motifs is 3.